The summed E-state index contributed by atoms with van der Waals surface area (Å²) in [7, 11) is 0. The lowest BCUT2D eigenvalue weighted by Gasteiger charge is -2.26. The SMILES string of the molecule is c1ccc(-c2nc(-c3ccccc3)nc(-c3cccc4c3oc3c5ccccc5c(-c5ccc(N(c6ccccc6)c6cccc7c6sc6ccccc67)cc5)cc43)n2)cc1. The summed E-state index contributed by atoms with van der Waals surface area (Å²) >= 11 is 1.85. The molecule has 0 radical (unpaired) electrons. The highest BCUT2D eigenvalue weighted by Gasteiger charge is 2.22. The van der Waals surface area contributed by atoms with Crippen molar-refractivity contribution >= 4 is 81.3 Å². The molecule has 0 unspecified atom stereocenters. The summed E-state index contributed by atoms with van der Waals surface area (Å²) in [6, 6.07) is 72.2. The largest absolute Gasteiger partial charge is 0.455 e. The highest BCUT2D eigenvalue weighted by molar-refractivity contribution is 7.26. The van der Waals surface area contributed by atoms with Crippen LogP contribution < -0.4 is 4.90 Å². The van der Waals surface area contributed by atoms with Crippen molar-refractivity contribution < 1.29 is 4.42 Å². The van der Waals surface area contributed by atoms with Crippen molar-refractivity contribution in [2.24, 2.45) is 0 Å². The first kappa shape index (κ1) is 35.1. The summed E-state index contributed by atoms with van der Waals surface area (Å²) in [6.07, 6.45) is 0. The third-order valence-electron chi connectivity index (χ3n) is 11.5. The Morgan fingerprint density at radius 3 is 1.62 bits per heavy atom. The maximum Gasteiger partial charge on any atom is 0.167 e. The van der Waals surface area contributed by atoms with E-state index in [1.165, 1.54) is 20.2 Å². The second-order valence-corrected chi connectivity index (χ2v) is 16.2. The Balaban J connectivity index is 1.01. The minimum Gasteiger partial charge on any atom is -0.455 e. The van der Waals surface area contributed by atoms with Crippen molar-refractivity contribution in [2.45, 2.75) is 0 Å². The van der Waals surface area contributed by atoms with Gasteiger partial charge in [0.2, 0.25) is 0 Å². The molecule has 0 saturated carbocycles. The highest BCUT2D eigenvalue weighted by Crippen LogP contribution is 2.46. The van der Waals surface area contributed by atoms with E-state index in [0.29, 0.717) is 17.5 Å². The fourth-order valence-electron chi connectivity index (χ4n) is 8.67. The highest BCUT2D eigenvalue weighted by atomic mass is 32.1. The summed E-state index contributed by atoms with van der Waals surface area (Å²) < 4.78 is 9.49. The van der Waals surface area contributed by atoms with Crippen LogP contribution in [0.15, 0.2) is 211 Å². The molecule has 286 valence electrons. The molecule has 0 N–H and O–H groups in total. The monoisotopic (exact) mass is 798 g/mol. The maximum absolute atomic E-state index is 6.93. The van der Waals surface area contributed by atoms with E-state index < -0.39 is 0 Å². The fraction of sp³-hybridized carbons (Fsp3) is 0. The molecule has 0 bridgehead atoms. The predicted octanol–water partition coefficient (Wildman–Crippen LogP) is 15.4. The standard InChI is InChI=1S/C55H34N4OS/c1-4-16-36(17-5-1)53-56-54(37-18-6-2-7-19-37)58-55(57-53)45-27-14-25-43-47-34-46(40-22-10-11-24-42(40)51(47)60-50(43)45)35-30-32-39(33-31-35)59(38-20-8-3-9-21-38)48-28-15-26-44-41-23-12-13-29-49(41)61-52(44)48/h1-34H. The number of para-hydroxylation sites is 2. The van der Waals surface area contributed by atoms with E-state index in [-0.39, 0.29) is 0 Å². The first-order chi connectivity index (χ1) is 30.2. The van der Waals surface area contributed by atoms with Crippen LogP contribution in [0, 0.1) is 0 Å². The van der Waals surface area contributed by atoms with Crippen LogP contribution in [0.5, 0.6) is 0 Å². The third kappa shape index (κ3) is 5.95. The minimum absolute atomic E-state index is 0.562. The van der Waals surface area contributed by atoms with Gasteiger partial charge in [-0.05, 0) is 65.0 Å². The molecule has 3 heterocycles. The smallest absolute Gasteiger partial charge is 0.167 e. The minimum atomic E-state index is 0.562. The van der Waals surface area contributed by atoms with Crippen molar-refractivity contribution in [2.75, 3.05) is 4.90 Å². The number of furan rings is 1. The summed E-state index contributed by atoms with van der Waals surface area (Å²) in [6.45, 7) is 0. The number of anilines is 3. The van der Waals surface area contributed by atoms with Crippen LogP contribution in [0.2, 0.25) is 0 Å². The number of fused-ring (bicyclic) bond motifs is 8. The van der Waals surface area contributed by atoms with Gasteiger partial charge in [-0.15, -0.1) is 11.3 Å². The van der Waals surface area contributed by atoms with Gasteiger partial charge in [0.25, 0.3) is 0 Å². The van der Waals surface area contributed by atoms with E-state index in [2.05, 4.69) is 144 Å². The van der Waals surface area contributed by atoms with Crippen molar-refractivity contribution in [1.82, 2.24) is 15.0 Å². The first-order valence-corrected chi connectivity index (χ1v) is 21.2. The summed E-state index contributed by atoms with van der Waals surface area (Å²) in [4.78, 5) is 17.4. The molecule has 12 aromatic rings. The molecule has 0 aliphatic heterocycles. The Labute approximate surface area is 355 Å². The molecular weight excluding hydrogens is 765 g/mol. The lowest BCUT2D eigenvalue weighted by atomic mass is 9.95. The molecule has 61 heavy (non-hydrogen) atoms. The van der Waals surface area contributed by atoms with E-state index in [0.717, 1.165) is 77.6 Å². The number of thiophene rings is 1. The molecule has 0 spiro atoms. The summed E-state index contributed by atoms with van der Waals surface area (Å²) in [5, 5.41) is 6.78. The van der Waals surface area contributed by atoms with Crippen LogP contribution in [-0.2, 0) is 0 Å². The van der Waals surface area contributed by atoms with Gasteiger partial charge in [-0.3, -0.25) is 0 Å². The van der Waals surface area contributed by atoms with Crippen LogP contribution in [0.3, 0.4) is 0 Å². The lowest BCUT2D eigenvalue weighted by Crippen LogP contribution is -2.09. The molecule has 5 nitrogen and oxygen atoms in total. The molecule has 9 aromatic carbocycles. The molecular formula is C55H34N4OS. The zero-order valence-electron chi connectivity index (χ0n) is 32.7. The van der Waals surface area contributed by atoms with E-state index in [9.17, 15) is 0 Å². The van der Waals surface area contributed by atoms with Crippen LogP contribution in [-0.4, -0.2) is 15.0 Å². The quantitative estimate of drug-likeness (QED) is 0.161. The lowest BCUT2D eigenvalue weighted by molar-refractivity contribution is 0.673. The summed E-state index contributed by atoms with van der Waals surface area (Å²) in [5.41, 5.74) is 9.86. The van der Waals surface area contributed by atoms with Gasteiger partial charge in [0.15, 0.2) is 17.5 Å². The van der Waals surface area contributed by atoms with Gasteiger partial charge in [-0.1, -0.05) is 158 Å². The predicted molar refractivity (Wildman–Crippen MR) is 254 cm³/mol. The Morgan fingerprint density at radius 1 is 0.361 bits per heavy atom. The van der Waals surface area contributed by atoms with Gasteiger partial charge < -0.3 is 9.32 Å². The van der Waals surface area contributed by atoms with Gasteiger partial charge in [0.05, 0.1) is 16.0 Å². The van der Waals surface area contributed by atoms with Gasteiger partial charge in [0, 0.05) is 54.1 Å². The Kier molecular flexibility index (Phi) is 8.28. The number of aromatic nitrogens is 3. The number of rotatable bonds is 7. The fourth-order valence-corrected chi connectivity index (χ4v) is 9.87. The summed E-state index contributed by atoms with van der Waals surface area (Å²) in [5.74, 6) is 1.78. The molecule has 0 atom stereocenters. The second-order valence-electron chi connectivity index (χ2n) is 15.1. The van der Waals surface area contributed by atoms with Gasteiger partial charge >= 0.3 is 0 Å². The van der Waals surface area contributed by atoms with Crippen LogP contribution in [0.25, 0.3) is 98.2 Å². The normalized spacial score (nSPS) is 11.6. The average Bonchev–Trinajstić information content (AvgIpc) is 3.92. The van der Waals surface area contributed by atoms with Gasteiger partial charge in [-0.25, -0.2) is 15.0 Å². The number of hydrogen-bond donors (Lipinski definition) is 0. The zero-order chi connectivity index (χ0) is 40.3. The molecule has 0 fully saturated rings. The van der Waals surface area contributed by atoms with Crippen LogP contribution >= 0.6 is 11.3 Å². The van der Waals surface area contributed by atoms with E-state index in [4.69, 9.17) is 19.4 Å². The van der Waals surface area contributed by atoms with Crippen molar-refractivity contribution in [3.63, 3.8) is 0 Å². The van der Waals surface area contributed by atoms with Gasteiger partial charge in [-0.2, -0.15) is 0 Å². The van der Waals surface area contributed by atoms with Crippen LogP contribution in [0.1, 0.15) is 0 Å². The average molecular weight is 799 g/mol. The van der Waals surface area contributed by atoms with Crippen molar-refractivity contribution in [3.05, 3.63) is 206 Å². The van der Waals surface area contributed by atoms with Crippen molar-refractivity contribution in [3.8, 4) is 45.3 Å². The number of hydrogen-bond acceptors (Lipinski definition) is 6. The number of benzene rings is 9. The zero-order valence-corrected chi connectivity index (χ0v) is 33.6. The Hall–Kier alpha value is -7.93. The van der Waals surface area contributed by atoms with E-state index in [1.54, 1.807) is 0 Å². The van der Waals surface area contributed by atoms with E-state index in [1.807, 2.05) is 78.1 Å². The Morgan fingerprint density at radius 2 is 0.902 bits per heavy atom. The van der Waals surface area contributed by atoms with E-state index >= 15 is 0 Å². The van der Waals surface area contributed by atoms with Gasteiger partial charge in [0.1, 0.15) is 11.2 Å². The second kappa shape index (κ2) is 14.4. The number of nitrogens with zero attached hydrogens (tertiary/aromatic N) is 4. The van der Waals surface area contributed by atoms with Crippen LogP contribution in [0.4, 0.5) is 17.1 Å². The first-order valence-electron chi connectivity index (χ1n) is 20.4. The molecule has 0 amide bonds. The molecule has 3 aromatic heterocycles. The maximum atomic E-state index is 6.93. The topological polar surface area (TPSA) is 55.1 Å². The molecule has 0 aliphatic carbocycles. The molecule has 0 saturated heterocycles. The Bertz CT molecular complexity index is 3520. The van der Waals surface area contributed by atoms with Crippen molar-refractivity contribution in [1.29, 1.82) is 0 Å². The molecule has 0 aliphatic rings. The molecule has 12 rings (SSSR count). The molecule has 6 heteroatoms. The third-order valence-corrected chi connectivity index (χ3v) is 12.7.